The average Bonchev–Trinajstić information content (AvgIpc) is 2.95. The van der Waals surface area contributed by atoms with E-state index in [0.717, 1.165) is 5.56 Å². The molecule has 1 amide bonds. The number of aromatic nitrogens is 2. The highest BCUT2D eigenvalue weighted by Gasteiger charge is 2.18. The lowest BCUT2D eigenvalue weighted by atomic mass is 9.87. The second-order valence-electron chi connectivity index (χ2n) is 6.36. The lowest BCUT2D eigenvalue weighted by Crippen LogP contribution is -2.30. The zero-order valence-corrected chi connectivity index (χ0v) is 15.0. The van der Waals surface area contributed by atoms with Gasteiger partial charge >= 0.3 is 0 Å². The third-order valence-electron chi connectivity index (χ3n) is 3.40. The van der Waals surface area contributed by atoms with E-state index in [-0.39, 0.29) is 16.6 Å². The first-order chi connectivity index (χ1) is 10.8. The van der Waals surface area contributed by atoms with Crippen molar-refractivity contribution in [2.45, 2.75) is 50.5 Å². The van der Waals surface area contributed by atoms with Gasteiger partial charge in [-0.25, -0.2) is 0 Å². The topological polar surface area (TPSA) is 68.0 Å². The summed E-state index contributed by atoms with van der Waals surface area (Å²) >= 11 is 1.26. The Labute approximate surface area is 141 Å². The van der Waals surface area contributed by atoms with E-state index >= 15 is 0 Å². The molecule has 23 heavy (non-hydrogen) atoms. The molecule has 0 spiro atoms. The molecule has 0 aliphatic rings. The van der Waals surface area contributed by atoms with Crippen LogP contribution in [-0.2, 0) is 10.2 Å². The van der Waals surface area contributed by atoms with Crippen LogP contribution >= 0.6 is 11.8 Å². The Morgan fingerprint density at radius 1 is 1.26 bits per heavy atom. The molecule has 5 nitrogen and oxygen atoms in total. The summed E-state index contributed by atoms with van der Waals surface area (Å²) in [5, 5.41) is 11.0. The molecule has 0 aliphatic heterocycles. The number of nitrogens with zero attached hydrogens (tertiary/aromatic N) is 2. The third-order valence-corrected chi connectivity index (χ3v) is 4.34. The van der Waals surface area contributed by atoms with Crippen LogP contribution in [0.4, 0.5) is 0 Å². The monoisotopic (exact) mass is 333 g/mol. The predicted octanol–water partition coefficient (Wildman–Crippen LogP) is 3.65. The summed E-state index contributed by atoms with van der Waals surface area (Å²) in [5.74, 6) is 0.433. The first-order valence-electron chi connectivity index (χ1n) is 7.70. The normalized spacial score (nSPS) is 12.9. The minimum absolute atomic E-state index is 0.0354. The molecule has 0 aliphatic carbocycles. The Kier molecular flexibility index (Phi) is 5.46. The number of hydrogen-bond donors (Lipinski definition) is 1. The van der Waals surface area contributed by atoms with Gasteiger partial charge in [-0.15, -0.1) is 10.2 Å². The molecule has 6 heteroatoms. The number of rotatable bonds is 5. The molecular weight excluding hydrogens is 310 g/mol. The smallest absolute Gasteiger partial charge is 0.277 e. The first-order valence-corrected chi connectivity index (χ1v) is 8.58. The maximum Gasteiger partial charge on any atom is 0.277 e. The van der Waals surface area contributed by atoms with E-state index in [0.29, 0.717) is 17.7 Å². The van der Waals surface area contributed by atoms with E-state index in [2.05, 4.69) is 48.4 Å². The van der Waals surface area contributed by atoms with Gasteiger partial charge in [0.25, 0.3) is 5.22 Å². The summed E-state index contributed by atoms with van der Waals surface area (Å²) in [7, 11) is 0. The lowest BCUT2D eigenvalue weighted by Gasteiger charge is -2.18. The van der Waals surface area contributed by atoms with Gasteiger partial charge in [-0.2, -0.15) is 0 Å². The molecule has 1 atom stereocenters. The number of benzene rings is 1. The molecule has 0 radical (unpaired) electrons. The molecule has 2 aromatic rings. The van der Waals surface area contributed by atoms with Crippen LogP contribution in [0.25, 0.3) is 11.5 Å². The zero-order chi connectivity index (χ0) is 17.0. The highest BCUT2D eigenvalue weighted by atomic mass is 32.2. The average molecular weight is 333 g/mol. The Bertz CT molecular complexity index is 659. The Morgan fingerprint density at radius 2 is 1.91 bits per heavy atom. The van der Waals surface area contributed by atoms with E-state index < -0.39 is 0 Å². The van der Waals surface area contributed by atoms with E-state index in [4.69, 9.17) is 4.42 Å². The van der Waals surface area contributed by atoms with Crippen molar-refractivity contribution >= 4 is 17.7 Å². The predicted molar refractivity (Wildman–Crippen MR) is 92.4 cm³/mol. The molecule has 1 heterocycles. The van der Waals surface area contributed by atoms with Crippen molar-refractivity contribution in [3.8, 4) is 11.5 Å². The summed E-state index contributed by atoms with van der Waals surface area (Å²) in [4.78, 5) is 11.7. The van der Waals surface area contributed by atoms with Crippen LogP contribution in [-0.4, -0.2) is 27.9 Å². The fourth-order valence-corrected chi connectivity index (χ4v) is 2.72. The second-order valence-corrected chi connectivity index (χ2v) is 7.65. The number of amides is 1. The SMILES string of the molecule is CCNC(=O)[C@H](C)Sc1nnc(-c2ccc(C(C)(C)C)cc2)o1. The van der Waals surface area contributed by atoms with E-state index in [1.807, 2.05) is 26.0 Å². The zero-order valence-electron chi connectivity index (χ0n) is 14.2. The van der Waals surface area contributed by atoms with Gasteiger partial charge in [-0.1, -0.05) is 44.7 Å². The van der Waals surface area contributed by atoms with Gasteiger partial charge in [-0.05, 0) is 37.0 Å². The lowest BCUT2D eigenvalue weighted by molar-refractivity contribution is -0.120. The Morgan fingerprint density at radius 3 is 2.48 bits per heavy atom. The van der Waals surface area contributed by atoms with Crippen LogP contribution in [0.1, 0.15) is 40.2 Å². The summed E-state index contributed by atoms with van der Waals surface area (Å²) in [6, 6.07) is 8.11. The fraction of sp³-hybridized carbons (Fsp3) is 0.471. The third kappa shape index (κ3) is 4.58. The molecule has 1 N–H and O–H groups in total. The van der Waals surface area contributed by atoms with Crippen LogP contribution < -0.4 is 5.32 Å². The number of carbonyl (C=O) groups excluding carboxylic acids is 1. The molecule has 0 fully saturated rings. The van der Waals surface area contributed by atoms with Gasteiger partial charge < -0.3 is 9.73 Å². The highest BCUT2D eigenvalue weighted by Crippen LogP contribution is 2.28. The van der Waals surface area contributed by atoms with Crippen molar-refractivity contribution in [1.82, 2.24) is 15.5 Å². The van der Waals surface area contributed by atoms with Gasteiger partial charge in [0.1, 0.15) is 0 Å². The van der Waals surface area contributed by atoms with Crippen LogP contribution in [0.2, 0.25) is 0 Å². The van der Waals surface area contributed by atoms with Gasteiger partial charge in [0.2, 0.25) is 11.8 Å². The van der Waals surface area contributed by atoms with Crippen molar-refractivity contribution in [2.24, 2.45) is 0 Å². The van der Waals surface area contributed by atoms with Crippen molar-refractivity contribution in [3.63, 3.8) is 0 Å². The van der Waals surface area contributed by atoms with Gasteiger partial charge in [0, 0.05) is 12.1 Å². The van der Waals surface area contributed by atoms with Crippen LogP contribution in [0.5, 0.6) is 0 Å². The number of thioether (sulfide) groups is 1. The van der Waals surface area contributed by atoms with E-state index in [9.17, 15) is 4.79 Å². The maximum atomic E-state index is 11.7. The van der Waals surface area contributed by atoms with Gasteiger partial charge in [-0.3, -0.25) is 4.79 Å². The van der Waals surface area contributed by atoms with Crippen LogP contribution in [0.15, 0.2) is 33.9 Å². The van der Waals surface area contributed by atoms with Gasteiger partial charge in [0.15, 0.2) is 0 Å². The van der Waals surface area contributed by atoms with Crippen molar-refractivity contribution < 1.29 is 9.21 Å². The second kappa shape index (κ2) is 7.17. The molecule has 0 saturated heterocycles. The van der Waals surface area contributed by atoms with Crippen molar-refractivity contribution in [2.75, 3.05) is 6.54 Å². The van der Waals surface area contributed by atoms with Crippen LogP contribution in [0.3, 0.4) is 0 Å². The van der Waals surface area contributed by atoms with E-state index in [1.54, 1.807) is 0 Å². The quantitative estimate of drug-likeness (QED) is 0.846. The fourth-order valence-electron chi connectivity index (χ4n) is 2.01. The minimum Gasteiger partial charge on any atom is -0.411 e. The number of carbonyl (C=O) groups is 1. The molecule has 1 aromatic heterocycles. The van der Waals surface area contributed by atoms with Gasteiger partial charge in [0.05, 0.1) is 5.25 Å². The largest absolute Gasteiger partial charge is 0.411 e. The number of hydrogen-bond acceptors (Lipinski definition) is 5. The van der Waals surface area contributed by atoms with Crippen LogP contribution in [0, 0.1) is 0 Å². The summed E-state index contributed by atoms with van der Waals surface area (Å²) in [5.41, 5.74) is 2.24. The van der Waals surface area contributed by atoms with Crippen molar-refractivity contribution in [3.05, 3.63) is 29.8 Å². The molecule has 0 bridgehead atoms. The molecule has 2 rings (SSSR count). The standard InChI is InChI=1S/C17H23N3O2S/c1-6-18-14(21)11(2)23-16-20-19-15(22-16)12-7-9-13(10-8-12)17(3,4)5/h7-11H,6H2,1-5H3,(H,18,21)/t11-/m0/s1. The summed E-state index contributed by atoms with van der Waals surface area (Å²) in [6.45, 7) is 10.8. The Hall–Kier alpha value is -1.82. The molecule has 0 saturated carbocycles. The summed E-state index contributed by atoms with van der Waals surface area (Å²) in [6.07, 6.45) is 0. The molecule has 0 unspecified atom stereocenters. The summed E-state index contributed by atoms with van der Waals surface area (Å²) < 4.78 is 5.65. The highest BCUT2D eigenvalue weighted by molar-refractivity contribution is 8.00. The molecule has 124 valence electrons. The molecular formula is C17H23N3O2S. The van der Waals surface area contributed by atoms with E-state index in [1.165, 1.54) is 17.3 Å². The minimum atomic E-state index is -0.272. The first kappa shape index (κ1) is 17.5. The number of nitrogens with one attached hydrogen (secondary N) is 1. The van der Waals surface area contributed by atoms with Crippen molar-refractivity contribution in [1.29, 1.82) is 0 Å². The Balaban J connectivity index is 2.08. The molecule has 1 aromatic carbocycles. The maximum absolute atomic E-state index is 11.7.